The van der Waals surface area contributed by atoms with E-state index in [1.807, 2.05) is 47.1 Å². The fourth-order valence-electron chi connectivity index (χ4n) is 2.96. The molecule has 0 spiro atoms. The van der Waals surface area contributed by atoms with E-state index in [1.54, 1.807) is 6.26 Å². The molecule has 1 N–H and O–H groups in total. The van der Waals surface area contributed by atoms with Crippen molar-refractivity contribution in [3.8, 4) is 5.69 Å². The average Bonchev–Trinajstić information content (AvgIpc) is 3.28. The third kappa shape index (κ3) is 3.65. The number of rotatable bonds is 7. The SMILES string of the molecule is CCCc1nn(-c2ccccc2)c(CC)c1C(=O)NCc1ccco1. The number of furan rings is 1. The minimum absolute atomic E-state index is 0.0983. The molecule has 1 aromatic carbocycles. The Morgan fingerprint density at radius 1 is 1.16 bits per heavy atom. The highest BCUT2D eigenvalue weighted by Crippen LogP contribution is 2.21. The Balaban J connectivity index is 1.95. The maximum Gasteiger partial charge on any atom is 0.255 e. The van der Waals surface area contributed by atoms with E-state index >= 15 is 0 Å². The summed E-state index contributed by atoms with van der Waals surface area (Å²) in [6.45, 7) is 4.52. The van der Waals surface area contributed by atoms with Gasteiger partial charge in [0.2, 0.25) is 0 Å². The minimum atomic E-state index is -0.0983. The Kier molecular flexibility index (Phi) is 5.33. The molecular formula is C20H23N3O2. The summed E-state index contributed by atoms with van der Waals surface area (Å²) in [6.07, 6.45) is 4.05. The maximum atomic E-state index is 12.9. The van der Waals surface area contributed by atoms with E-state index in [0.29, 0.717) is 12.1 Å². The Bertz CT molecular complexity index is 820. The summed E-state index contributed by atoms with van der Waals surface area (Å²) in [7, 11) is 0. The summed E-state index contributed by atoms with van der Waals surface area (Å²) in [5, 5.41) is 7.69. The number of aryl methyl sites for hydroxylation is 1. The van der Waals surface area contributed by atoms with Crippen LogP contribution in [0.15, 0.2) is 53.1 Å². The number of benzene rings is 1. The van der Waals surface area contributed by atoms with Crippen molar-refractivity contribution in [1.82, 2.24) is 15.1 Å². The lowest BCUT2D eigenvalue weighted by molar-refractivity contribution is 0.0946. The van der Waals surface area contributed by atoms with Crippen molar-refractivity contribution in [2.75, 3.05) is 0 Å². The second-order valence-electron chi connectivity index (χ2n) is 5.88. The van der Waals surface area contributed by atoms with Crippen LogP contribution in [0.25, 0.3) is 5.69 Å². The fraction of sp³-hybridized carbons (Fsp3) is 0.300. The van der Waals surface area contributed by atoms with Crippen LogP contribution in [0.3, 0.4) is 0 Å². The monoisotopic (exact) mass is 337 g/mol. The Labute approximate surface area is 147 Å². The van der Waals surface area contributed by atoms with Gasteiger partial charge >= 0.3 is 0 Å². The number of hydrogen-bond acceptors (Lipinski definition) is 3. The number of nitrogens with zero attached hydrogens (tertiary/aromatic N) is 2. The molecule has 0 bridgehead atoms. The first-order valence-corrected chi connectivity index (χ1v) is 8.71. The lowest BCUT2D eigenvalue weighted by Gasteiger charge is -2.08. The quantitative estimate of drug-likeness (QED) is 0.711. The van der Waals surface area contributed by atoms with Crippen molar-refractivity contribution in [3.63, 3.8) is 0 Å². The Morgan fingerprint density at radius 3 is 2.60 bits per heavy atom. The lowest BCUT2D eigenvalue weighted by Crippen LogP contribution is -2.24. The molecule has 0 aliphatic heterocycles. The van der Waals surface area contributed by atoms with E-state index in [2.05, 4.69) is 19.2 Å². The minimum Gasteiger partial charge on any atom is -0.467 e. The summed E-state index contributed by atoms with van der Waals surface area (Å²) >= 11 is 0. The van der Waals surface area contributed by atoms with E-state index in [4.69, 9.17) is 9.52 Å². The number of amides is 1. The lowest BCUT2D eigenvalue weighted by atomic mass is 10.1. The van der Waals surface area contributed by atoms with Crippen molar-refractivity contribution in [2.45, 2.75) is 39.7 Å². The number of para-hydroxylation sites is 1. The topological polar surface area (TPSA) is 60.1 Å². The van der Waals surface area contributed by atoms with Crippen molar-refractivity contribution < 1.29 is 9.21 Å². The van der Waals surface area contributed by atoms with Gasteiger partial charge in [-0.3, -0.25) is 4.79 Å². The summed E-state index contributed by atoms with van der Waals surface area (Å²) < 4.78 is 7.19. The normalized spacial score (nSPS) is 10.8. The zero-order valence-corrected chi connectivity index (χ0v) is 14.7. The maximum absolute atomic E-state index is 12.9. The van der Waals surface area contributed by atoms with E-state index < -0.39 is 0 Å². The molecule has 0 aliphatic carbocycles. The third-order valence-electron chi connectivity index (χ3n) is 4.11. The average molecular weight is 337 g/mol. The summed E-state index contributed by atoms with van der Waals surface area (Å²) in [5.41, 5.74) is 3.45. The van der Waals surface area contributed by atoms with Crippen molar-refractivity contribution in [1.29, 1.82) is 0 Å². The van der Waals surface area contributed by atoms with Crippen molar-refractivity contribution in [3.05, 3.63) is 71.4 Å². The standard InChI is InChI=1S/C20H23N3O2/c1-3-9-17-19(20(24)21-14-16-12-8-13-25-16)18(4-2)23(22-17)15-10-6-5-7-11-15/h5-8,10-13H,3-4,9,14H2,1-2H3,(H,21,24). The molecule has 3 rings (SSSR count). The predicted octanol–water partition coefficient (Wildman–Crippen LogP) is 3.91. The number of hydrogen-bond donors (Lipinski definition) is 1. The zero-order valence-electron chi connectivity index (χ0n) is 14.7. The van der Waals surface area contributed by atoms with Crippen LogP contribution in [0.2, 0.25) is 0 Å². The van der Waals surface area contributed by atoms with Crippen LogP contribution in [0.4, 0.5) is 0 Å². The van der Waals surface area contributed by atoms with Gasteiger partial charge in [-0.25, -0.2) is 4.68 Å². The molecule has 0 saturated heterocycles. The van der Waals surface area contributed by atoms with Gasteiger partial charge in [0, 0.05) is 0 Å². The Hall–Kier alpha value is -2.82. The summed E-state index contributed by atoms with van der Waals surface area (Å²) in [4.78, 5) is 12.9. The number of aromatic nitrogens is 2. The molecule has 1 amide bonds. The van der Waals surface area contributed by atoms with Gasteiger partial charge in [-0.05, 0) is 37.1 Å². The third-order valence-corrected chi connectivity index (χ3v) is 4.11. The summed E-state index contributed by atoms with van der Waals surface area (Å²) in [5.74, 6) is 0.637. The first-order valence-electron chi connectivity index (χ1n) is 8.71. The number of nitrogens with one attached hydrogen (secondary N) is 1. The van der Waals surface area contributed by atoms with Gasteiger partial charge in [0.05, 0.1) is 35.4 Å². The highest BCUT2D eigenvalue weighted by atomic mass is 16.3. The van der Waals surface area contributed by atoms with Gasteiger partial charge in [-0.2, -0.15) is 5.10 Å². The first-order chi connectivity index (χ1) is 12.2. The fourth-order valence-corrected chi connectivity index (χ4v) is 2.96. The molecule has 3 aromatic rings. The van der Waals surface area contributed by atoms with Crippen LogP contribution < -0.4 is 5.32 Å². The van der Waals surface area contributed by atoms with E-state index in [-0.39, 0.29) is 5.91 Å². The second-order valence-corrected chi connectivity index (χ2v) is 5.88. The first kappa shape index (κ1) is 17.0. The molecule has 0 saturated carbocycles. The van der Waals surface area contributed by atoms with Gasteiger partial charge in [-0.1, -0.05) is 38.5 Å². The molecule has 0 unspecified atom stereocenters. The summed E-state index contributed by atoms with van der Waals surface area (Å²) in [6, 6.07) is 13.6. The number of carbonyl (C=O) groups is 1. The van der Waals surface area contributed by atoms with E-state index in [0.717, 1.165) is 42.1 Å². The molecule has 5 nitrogen and oxygen atoms in total. The predicted molar refractivity (Wildman–Crippen MR) is 96.8 cm³/mol. The van der Waals surface area contributed by atoms with Crippen LogP contribution in [0, 0.1) is 0 Å². The molecule has 5 heteroatoms. The van der Waals surface area contributed by atoms with Crippen LogP contribution in [-0.4, -0.2) is 15.7 Å². The smallest absolute Gasteiger partial charge is 0.255 e. The Morgan fingerprint density at radius 2 is 1.96 bits per heavy atom. The van der Waals surface area contributed by atoms with Crippen LogP contribution in [-0.2, 0) is 19.4 Å². The van der Waals surface area contributed by atoms with Gasteiger partial charge in [0.15, 0.2) is 0 Å². The van der Waals surface area contributed by atoms with E-state index in [1.165, 1.54) is 0 Å². The van der Waals surface area contributed by atoms with Crippen molar-refractivity contribution >= 4 is 5.91 Å². The van der Waals surface area contributed by atoms with Gasteiger partial charge in [-0.15, -0.1) is 0 Å². The zero-order chi connectivity index (χ0) is 17.6. The van der Waals surface area contributed by atoms with Crippen LogP contribution in [0.1, 0.15) is 47.8 Å². The highest BCUT2D eigenvalue weighted by molar-refractivity contribution is 5.96. The van der Waals surface area contributed by atoms with Gasteiger partial charge < -0.3 is 9.73 Å². The van der Waals surface area contributed by atoms with E-state index in [9.17, 15) is 4.79 Å². The molecule has 25 heavy (non-hydrogen) atoms. The van der Waals surface area contributed by atoms with Gasteiger partial charge in [0.1, 0.15) is 5.76 Å². The molecule has 0 fully saturated rings. The van der Waals surface area contributed by atoms with Gasteiger partial charge in [0.25, 0.3) is 5.91 Å². The van der Waals surface area contributed by atoms with Crippen LogP contribution in [0.5, 0.6) is 0 Å². The second kappa shape index (κ2) is 7.83. The molecule has 0 aliphatic rings. The molecule has 2 aromatic heterocycles. The number of carbonyl (C=O) groups excluding carboxylic acids is 1. The molecule has 130 valence electrons. The molecule has 0 atom stereocenters. The largest absolute Gasteiger partial charge is 0.467 e. The van der Waals surface area contributed by atoms with Crippen LogP contribution >= 0.6 is 0 Å². The molecule has 0 radical (unpaired) electrons. The molecule has 2 heterocycles. The molecular weight excluding hydrogens is 314 g/mol. The van der Waals surface area contributed by atoms with Crippen molar-refractivity contribution in [2.24, 2.45) is 0 Å². The highest BCUT2D eigenvalue weighted by Gasteiger charge is 2.23.